The van der Waals surface area contributed by atoms with Crippen molar-refractivity contribution in [3.05, 3.63) is 54.2 Å². The number of nitrogens with one attached hydrogen (secondary N) is 2. The van der Waals surface area contributed by atoms with E-state index in [1.165, 1.54) is 0 Å². The zero-order valence-electron chi connectivity index (χ0n) is 11.5. The molecule has 3 aromatic rings. The molecule has 0 fully saturated rings. The van der Waals surface area contributed by atoms with Gasteiger partial charge in [0.2, 0.25) is 0 Å². The lowest BCUT2D eigenvalue weighted by molar-refractivity contribution is 0.102. The van der Waals surface area contributed by atoms with Crippen molar-refractivity contribution >= 4 is 28.2 Å². The second-order valence-electron chi connectivity index (χ2n) is 4.68. The Morgan fingerprint density at radius 2 is 2.00 bits per heavy atom. The van der Waals surface area contributed by atoms with Crippen molar-refractivity contribution in [1.29, 1.82) is 0 Å². The van der Waals surface area contributed by atoms with Gasteiger partial charge in [0.25, 0.3) is 5.91 Å². The first-order valence-corrected chi connectivity index (χ1v) is 6.50. The number of anilines is 2. The van der Waals surface area contributed by atoms with E-state index in [9.17, 15) is 4.79 Å². The minimum atomic E-state index is -0.233. The predicted molar refractivity (Wildman–Crippen MR) is 83.7 cm³/mol. The van der Waals surface area contributed by atoms with Gasteiger partial charge < -0.3 is 20.8 Å². The van der Waals surface area contributed by atoms with Gasteiger partial charge in [-0.1, -0.05) is 12.1 Å². The van der Waals surface area contributed by atoms with Gasteiger partial charge in [0.15, 0.2) is 0 Å². The molecule has 0 aliphatic heterocycles. The number of aromatic amines is 1. The summed E-state index contributed by atoms with van der Waals surface area (Å²) in [5.74, 6) is 0.517. The van der Waals surface area contributed by atoms with Crippen molar-refractivity contribution in [2.24, 2.45) is 0 Å². The van der Waals surface area contributed by atoms with Crippen LogP contribution in [0.3, 0.4) is 0 Å². The normalized spacial score (nSPS) is 10.5. The quantitative estimate of drug-likeness (QED) is 0.645. The molecule has 1 aromatic heterocycles. The van der Waals surface area contributed by atoms with E-state index in [1.54, 1.807) is 25.3 Å². The molecule has 5 heteroatoms. The molecule has 0 aliphatic carbocycles. The number of fused-ring (bicyclic) bond motifs is 1. The van der Waals surface area contributed by atoms with Crippen molar-refractivity contribution < 1.29 is 9.53 Å². The molecule has 3 rings (SSSR count). The molecule has 0 unspecified atom stereocenters. The van der Waals surface area contributed by atoms with Crippen LogP contribution in [0.25, 0.3) is 10.9 Å². The van der Waals surface area contributed by atoms with Crippen LogP contribution in [0.15, 0.2) is 48.5 Å². The van der Waals surface area contributed by atoms with Gasteiger partial charge in [-0.2, -0.15) is 0 Å². The summed E-state index contributed by atoms with van der Waals surface area (Å²) in [5.41, 5.74) is 8.30. The molecule has 0 aliphatic rings. The fourth-order valence-electron chi connectivity index (χ4n) is 2.16. The first kappa shape index (κ1) is 13.1. The van der Waals surface area contributed by atoms with E-state index in [2.05, 4.69) is 10.3 Å². The van der Waals surface area contributed by atoms with Crippen molar-refractivity contribution in [2.75, 3.05) is 18.2 Å². The summed E-state index contributed by atoms with van der Waals surface area (Å²) in [6.07, 6.45) is 0. The Hall–Kier alpha value is -2.95. The zero-order valence-corrected chi connectivity index (χ0v) is 11.5. The highest BCUT2D eigenvalue weighted by Gasteiger charge is 2.11. The SMILES string of the molecule is COc1ccc2[nH]c(C(=O)Nc3ccccc3N)cc2c1. The number of methoxy groups -OCH3 is 1. The predicted octanol–water partition coefficient (Wildman–Crippen LogP) is 3.01. The topological polar surface area (TPSA) is 80.1 Å². The number of H-pyrrole nitrogens is 1. The van der Waals surface area contributed by atoms with E-state index >= 15 is 0 Å². The monoisotopic (exact) mass is 281 g/mol. The molecule has 0 saturated carbocycles. The fraction of sp³-hybridized carbons (Fsp3) is 0.0625. The largest absolute Gasteiger partial charge is 0.497 e. The molecule has 106 valence electrons. The average Bonchev–Trinajstić information content (AvgIpc) is 2.92. The third-order valence-electron chi connectivity index (χ3n) is 3.28. The van der Waals surface area contributed by atoms with Gasteiger partial charge in [-0.3, -0.25) is 4.79 Å². The van der Waals surface area contributed by atoms with Gasteiger partial charge in [-0.25, -0.2) is 0 Å². The van der Waals surface area contributed by atoms with E-state index < -0.39 is 0 Å². The molecule has 0 saturated heterocycles. The van der Waals surface area contributed by atoms with E-state index in [4.69, 9.17) is 10.5 Å². The van der Waals surface area contributed by atoms with E-state index in [0.717, 1.165) is 16.7 Å². The summed E-state index contributed by atoms with van der Waals surface area (Å²) in [5, 5.41) is 3.71. The van der Waals surface area contributed by atoms with Crippen LogP contribution >= 0.6 is 0 Å². The number of hydrogen-bond donors (Lipinski definition) is 3. The molecule has 2 aromatic carbocycles. The number of carbonyl (C=O) groups excluding carboxylic acids is 1. The maximum absolute atomic E-state index is 12.3. The number of para-hydroxylation sites is 2. The molecule has 0 atom stereocenters. The maximum Gasteiger partial charge on any atom is 0.272 e. The van der Waals surface area contributed by atoms with Gasteiger partial charge in [-0.15, -0.1) is 0 Å². The maximum atomic E-state index is 12.3. The number of nitrogen functional groups attached to an aromatic ring is 1. The minimum Gasteiger partial charge on any atom is -0.497 e. The number of amides is 1. The Bertz CT molecular complexity index is 808. The number of ether oxygens (including phenoxy) is 1. The standard InChI is InChI=1S/C16H15N3O2/c1-21-11-6-7-13-10(8-11)9-15(18-13)16(20)19-14-5-3-2-4-12(14)17/h2-9,18H,17H2,1H3,(H,19,20). The van der Waals surface area contributed by atoms with Crippen LogP contribution in [0.1, 0.15) is 10.5 Å². The van der Waals surface area contributed by atoms with Crippen LogP contribution in [-0.2, 0) is 0 Å². The number of aromatic nitrogens is 1. The lowest BCUT2D eigenvalue weighted by atomic mass is 10.2. The molecule has 1 amide bonds. The second-order valence-corrected chi connectivity index (χ2v) is 4.68. The summed E-state index contributed by atoms with van der Waals surface area (Å²) in [7, 11) is 1.61. The number of nitrogens with two attached hydrogens (primary N) is 1. The van der Waals surface area contributed by atoms with Gasteiger partial charge in [0, 0.05) is 10.9 Å². The molecule has 1 heterocycles. The molecule has 21 heavy (non-hydrogen) atoms. The smallest absolute Gasteiger partial charge is 0.272 e. The Labute approximate surface area is 121 Å². The second kappa shape index (κ2) is 5.20. The molecule has 0 bridgehead atoms. The van der Waals surface area contributed by atoms with Gasteiger partial charge in [-0.05, 0) is 36.4 Å². The lowest BCUT2D eigenvalue weighted by Crippen LogP contribution is -2.13. The van der Waals surface area contributed by atoms with Crippen molar-refractivity contribution in [3.8, 4) is 5.75 Å². The number of benzene rings is 2. The average molecular weight is 281 g/mol. The summed E-state index contributed by atoms with van der Waals surface area (Å²) in [6, 6.07) is 14.5. The summed E-state index contributed by atoms with van der Waals surface area (Å²) in [6.45, 7) is 0. The van der Waals surface area contributed by atoms with Crippen LogP contribution in [0.2, 0.25) is 0 Å². The third-order valence-corrected chi connectivity index (χ3v) is 3.28. The van der Waals surface area contributed by atoms with Crippen LogP contribution in [0.5, 0.6) is 5.75 Å². The molecule has 5 nitrogen and oxygen atoms in total. The van der Waals surface area contributed by atoms with Crippen LogP contribution in [-0.4, -0.2) is 18.0 Å². The fourth-order valence-corrected chi connectivity index (χ4v) is 2.16. The van der Waals surface area contributed by atoms with Gasteiger partial charge >= 0.3 is 0 Å². The highest BCUT2D eigenvalue weighted by atomic mass is 16.5. The molecular weight excluding hydrogens is 266 g/mol. The lowest BCUT2D eigenvalue weighted by Gasteiger charge is -2.06. The van der Waals surface area contributed by atoms with Crippen LogP contribution in [0, 0.1) is 0 Å². The summed E-state index contributed by atoms with van der Waals surface area (Å²) >= 11 is 0. The van der Waals surface area contributed by atoms with Crippen molar-refractivity contribution in [1.82, 2.24) is 4.98 Å². The first-order valence-electron chi connectivity index (χ1n) is 6.50. The number of carbonyl (C=O) groups is 1. The Morgan fingerprint density at radius 1 is 1.19 bits per heavy atom. The summed E-state index contributed by atoms with van der Waals surface area (Å²) in [4.78, 5) is 15.3. The Balaban J connectivity index is 1.89. The van der Waals surface area contributed by atoms with Crippen molar-refractivity contribution in [2.45, 2.75) is 0 Å². The highest BCUT2D eigenvalue weighted by molar-refractivity contribution is 6.07. The molecule has 0 radical (unpaired) electrons. The van der Waals surface area contributed by atoms with Crippen LogP contribution < -0.4 is 15.8 Å². The first-order chi connectivity index (χ1) is 10.2. The van der Waals surface area contributed by atoms with Crippen LogP contribution in [0.4, 0.5) is 11.4 Å². The highest BCUT2D eigenvalue weighted by Crippen LogP contribution is 2.23. The molecule has 0 spiro atoms. The Morgan fingerprint density at radius 3 is 2.76 bits per heavy atom. The summed E-state index contributed by atoms with van der Waals surface area (Å²) < 4.78 is 5.17. The van der Waals surface area contributed by atoms with E-state index in [0.29, 0.717) is 17.1 Å². The molecular formula is C16H15N3O2. The minimum absolute atomic E-state index is 0.233. The Kier molecular flexibility index (Phi) is 3.23. The zero-order chi connectivity index (χ0) is 14.8. The van der Waals surface area contributed by atoms with E-state index in [1.807, 2.05) is 30.3 Å². The van der Waals surface area contributed by atoms with Gasteiger partial charge in [0.1, 0.15) is 11.4 Å². The molecule has 4 N–H and O–H groups in total. The van der Waals surface area contributed by atoms with Crippen molar-refractivity contribution in [3.63, 3.8) is 0 Å². The number of rotatable bonds is 3. The third kappa shape index (κ3) is 2.53. The van der Waals surface area contributed by atoms with E-state index in [-0.39, 0.29) is 5.91 Å². The van der Waals surface area contributed by atoms with Gasteiger partial charge in [0.05, 0.1) is 18.5 Å². The number of hydrogen-bond acceptors (Lipinski definition) is 3.